The summed E-state index contributed by atoms with van der Waals surface area (Å²) < 4.78 is 17.2. The van der Waals surface area contributed by atoms with Crippen LogP contribution in [0.25, 0.3) is 0 Å². The molecule has 1 N–H and O–H groups in total. The van der Waals surface area contributed by atoms with Gasteiger partial charge in [-0.15, -0.1) is 10.2 Å². The Hall–Kier alpha value is -0.980. The van der Waals surface area contributed by atoms with Gasteiger partial charge in [0.15, 0.2) is 0 Å². The van der Waals surface area contributed by atoms with Gasteiger partial charge in [0.2, 0.25) is 11.8 Å². The molecule has 1 spiro atoms. The van der Waals surface area contributed by atoms with Gasteiger partial charge in [0, 0.05) is 24.7 Å². The Kier molecular flexibility index (Phi) is 4.39. The maximum atomic E-state index is 5.90. The number of nitrogens with one attached hydrogen (secondary N) is 1. The normalized spacial score (nSPS) is 32.5. The van der Waals surface area contributed by atoms with Crippen LogP contribution in [0.3, 0.4) is 0 Å². The van der Waals surface area contributed by atoms with Gasteiger partial charge in [0.05, 0.1) is 25.2 Å². The van der Waals surface area contributed by atoms with Gasteiger partial charge in [-0.3, -0.25) is 0 Å². The number of rotatable bonds is 6. The van der Waals surface area contributed by atoms with Crippen LogP contribution in [-0.2, 0) is 16.0 Å². The molecule has 3 fully saturated rings. The molecule has 2 heterocycles. The fourth-order valence-corrected chi connectivity index (χ4v) is 4.37. The number of hydrogen-bond acceptors (Lipinski definition) is 6. The summed E-state index contributed by atoms with van der Waals surface area (Å²) in [5, 5.41) is 12.0. The van der Waals surface area contributed by atoms with Crippen LogP contribution in [0.15, 0.2) is 4.42 Å². The third-order valence-electron chi connectivity index (χ3n) is 5.93. The maximum absolute atomic E-state index is 5.90. The molecule has 2 saturated carbocycles. The molecule has 2 aliphatic carbocycles. The molecule has 6 nitrogen and oxygen atoms in total. The van der Waals surface area contributed by atoms with E-state index in [1.807, 2.05) is 0 Å². The van der Waals surface area contributed by atoms with Crippen LogP contribution in [0.1, 0.15) is 63.1 Å². The molecule has 0 radical (unpaired) electrons. The Balaban J connectivity index is 1.31. The van der Waals surface area contributed by atoms with E-state index < -0.39 is 0 Å². The average molecular weight is 321 g/mol. The van der Waals surface area contributed by atoms with Gasteiger partial charge in [-0.1, -0.05) is 6.42 Å². The molecule has 4 rings (SSSR count). The second-order valence-corrected chi connectivity index (χ2v) is 7.15. The van der Waals surface area contributed by atoms with Crippen LogP contribution < -0.4 is 5.32 Å². The number of aromatic nitrogens is 2. The molecule has 3 atom stereocenters. The summed E-state index contributed by atoms with van der Waals surface area (Å²) in [7, 11) is 0. The molecule has 23 heavy (non-hydrogen) atoms. The van der Waals surface area contributed by atoms with E-state index in [9.17, 15) is 0 Å². The van der Waals surface area contributed by atoms with Gasteiger partial charge in [-0.25, -0.2) is 0 Å². The molecular formula is C17H27N3O3. The van der Waals surface area contributed by atoms with Crippen LogP contribution in [-0.4, -0.2) is 42.2 Å². The lowest BCUT2D eigenvalue weighted by molar-refractivity contribution is -0.173. The molecule has 1 aromatic rings. The summed E-state index contributed by atoms with van der Waals surface area (Å²) in [5.74, 6) is 1.70. The summed E-state index contributed by atoms with van der Waals surface area (Å²) in [5.41, 5.74) is 0.371. The number of ether oxygens (including phenoxy) is 2. The zero-order chi connectivity index (χ0) is 15.7. The van der Waals surface area contributed by atoms with E-state index in [2.05, 4.69) is 22.4 Å². The van der Waals surface area contributed by atoms with Gasteiger partial charge in [-0.2, -0.15) is 0 Å². The maximum Gasteiger partial charge on any atom is 0.230 e. The number of hydrogen-bond donors (Lipinski definition) is 1. The first kappa shape index (κ1) is 15.5. The minimum absolute atomic E-state index is 0.272. The second kappa shape index (κ2) is 6.49. The highest BCUT2D eigenvalue weighted by Crippen LogP contribution is 2.57. The molecule has 128 valence electrons. The first-order valence-electron chi connectivity index (χ1n) is 9.07. The van der Waals surface area contributed by atoms with Crippen molar-refractivity contribution < 1.29 is 13.9 Å². The van der Waals surface area contributed by atoms with E-state index in [0.717, 1.165) is 38.4 Å². The summed E-state index contributed by atoms with van der Waals surface area (Å²) in [6, 6.07) is 0.529. The van der Waals surface area contributed by atoms with E-state index in [-0.39, 0.29) is 5.92 Å². The van der Waals surface area contributed by atoms with Crippen molar-refractivity contribution in [2.45, 2.75) is 70.1 Å². The van der Waals surface area contributed by atoms with E-state index in [0.29, 0.717) is 36.6 Å². The van der Waals surface area contributed by atoms with Crippen molar-refractivity contribution in [1.29, 1.82) is 0 Å². The Morgan fingerprint density at radius 3 is 2.91 bits per heavy atom. The number of nitrogens with zero attached hydrogens (tertiary/aromatic N) is 2. The highest BCUT2D eigenvalue weighted by molar-refractivity contribution is 5.12. The van der Waals surface area contributed by atoms with E-state index >= 15 is 0 Å². The Labute approximate surface area is 137 Å². The minimum atomic E-state index is 0.272. The van der Waals surface area contributed by atoms with Crippen molar-refractivity contribution in [2.75, 3.05) is 19.8 Å². The smallest absolute Gasteiger partial charge is 0.230 e. The molecular weight excluding hydrogens is 294 g/mol. The van der Waals surface area contributed by atoms with Crippen LogP contribution >= 0.6 is 0 Å². The standard InChI is InChI=1S/C17H27N3O3/c1-2-22-14-9-13(17(14)6-4-7-17)18-10-15-19-20-16(23-15)12-5-3-8-21-11-12/h12-14,18H,2-11H2,1H3. The lowest BCUT2D eigenvalue weighted by atomic mass is 9.51. The highest BCUT2D eigenvalue weighted by Gasteiger charge is 2.58. The lowest BCUT2D eigenvalue weighted by Crippen LogP contribution is -2.66. The van der Waals surface area contributed by atoms with Gasteiger partial charge >= 0.3 is 0 Å². The predicted molar refractivity (Wildman–Crippen MR) is 84.0 cm³/mol. The van der Waals surface area contributed by atoms with Crippen LogP contribution in [0.5, 0.6) is 0 Å². The Morgan fingerprint density at radius 1 is 1.30 bits per heavy atom. The quantitative estimate of drug-likeness (QED) is 0.867. The van der Waals surface area contributed by atoms with Crippen molar-refractivity contribution in [3.63, 3.8) is 0 Å². The molecule has 1 saturated heterocycles. The Morgan fingerprint density at radius 2 is 2.22 bits per heavy atom. The average Bonchev–Trinajstić information content (AvgIpc) is 2.98. The molecule has 0 aromatic carbocycles. The van der Waals surface area contributed by atoms with Crippen molar-refractivity contribution in [3.8, 4) is 0 Å². The molecule has 3 unspecified atom stereocenters. The van der Waals surface area contributed by atoms with Gasteiger partial charge < -0.3 is 19.2 Å². The zero-order valence-electron chi connectivity index (χ0n) is 13.9. The molecule has 1 aliphatic heterocycles. The SMILES string of the molecule is CCOC1CC(NCc2nnc(C3CCCOC3)o2)C12CCC2. The van der Waals surface area contributed by atoms with Gasteiger partial charge in [0.1, 0.15) is 0 Å². The molecule has 0 bridgehead atoms. The van der Waals surface area contributed by atoms with E-state index in [4.69, 9.17) is 13.9 Å². The van der Waals surface area contributed by atoms with Crippen molar-refractivity contribution >= 4 is 0 Å². The van der Waals surface area contributed by atoms with Crippen LogP contribution in [0.4, 0.5) is 0 Å². The lowest BCUT2D eigenvalue weighted by Gasteiger charge is -2.61. The fourth-order valence-electron chi connectivity index (χ4n) is 4.37. The van der Waals surface area contributed by atoms with Crippen molar-refractivity contribution in [3.05, 3.63) is 11.8 Å². The first-order valence-corrected chi connectivity index (χ1v) is 9.07. The van der Waals surface area contributed by atoms with Gasteiger partial charge in [0.25, 0.3) is 0 Å². The largest absolute Gasteiger partial charge is 0.423 e. The molecule has 6 heteroatoms. The van der Waals surface area contributed by atoms with E-state index in [1.54, 1.807) is 0 Å². The summed E-state index contributed by atoms with van der Waals surface area (Å²) in [6.07, 6.45) is 7.59. The summed E-state index contributed by atoms with van der Waals surface area (Å²) in [6.45, 7) is 5.12. The van der Waals surface area contributed by atoms with Crippen molar-refractivity contribution in [1.82, 2.24) is 15.5 Å². The fraction of sp³-hybridized carbons (Fsp3) is 0.882. The minimum Gasteiger partial charge on any atom is -0.423 e. The monoisotopic (exact) mass is 321 g/mol. The second-order valence-electron chi connectivity index (χ2n) is 7.15. The molecule has 1 aromatic heterocycles. The molecule has 0 amide bonds. The van der Waals surface area contributed by atoms with Crippen molar-refractivity contribution in [2.24, 2.45) is 5.41 Å². The topological polar surface area (TPSA) is 69.4 Å². The highest BCUT2D eigenvalue weighted by atomic mass is 16.5. The third-order valence-corrected chi connectivity index (χ3v) is 5.93. The third kappa shape index (κ3) is 2.81. The Bertz CT molecular complexity index is 523. The summed E-state index contributed by atoms with van der Waals surface area (Å²) in [4.78, 5) is 0. The summed E-state index contributed by atoms with van der Waals surface area (Å²) >= 11 is 0. The predicted octanol–water partition coefficient (Wildman–Crippen LogP) is 2.40. The zero-order valence-corrected chi connectivity index (χ0v) is 13.9. The van der Waals surface area contributed by atoms with E-state index in [1.165, 1.54) is 19.3 Å². The molecule has 3 aliphatic rings. The van der Waals surface area contributed by atoms with Gasteiger partial charge in [-0.05, 0) is 39.0 Å². The van der Waals surface area contributed by atoms with Crippen LogP contribution in [0, 0.1) is 5.41 Å². The first-order chi connectivity index (χ1) is 11.3. The van der Waals surface area contributed by atoms with Crippen LogP contribution in [0.2, 0.25) is 0 Å².